The van der Waals surface area contributed by atoms with E-state index in [9.17, 15) is 14.4 Å². The van der Waals surface area contributed by atoms with Crippen LogP contribution in [0.5, 0.6) is 0 Å². The summed E-state index contributed by atoms with van der Waals surface area (Å²) >= 11 is 1.58. The molecule has 2 saturated heterocycles. The van der Waals surface area contributed by atoms with Crippen molar-refractivity contribution >= 4 is 29.1 Å². The molecule has 2 amide bonds. The summed E-state index contributed by atoms with van der Waals surface area (Å²) in [5, 5.41) is 1.98. The Morgan fingerprint density at radius 3 is 2.52 bits per heavy atom. The first-order chi connectivity index (χ1) is 16.0. The maximum atomic E-state index is 13.6. The smallest absolute Gasteiger partial charge is 0.310 e. The molecule has 2 aliphatic heterocycles. The summed E-state index contributed by atoms with van der Waals surface area (Å²) in [4.78, 5) is 43.7. The largest absolute Gasteiger partial charge is 0.466 e. The molecule has 33 heavy (non-hydrogen) atoms. The molecule has 0 radical (unpaired) electrons. The van der Waals surface area contributed by atoms with E-state index < -0.39 is 0 Å². The third-order valence-corrected chi connectivity index (χ3v) is 7.56. The predicted molar refractivity (Wildman–Crippen MR) is 128 cm³/mol. The van der Waals surface area contributed by atoms with Gasteiger partial charge < -0.3 is 14.5 Å². The Morgan fingerprint density at radius 2 is 1.79 bits per heavy atom. The molecule has 0 bridgehead atoms. The van der Waals surface area contributed by atoms with Gasteiger partial charge in [-0.15, -0.1) is 11.3 Å². The molecule has 2 fully saturated rings. The van der Waals surface area contributed by atoms with Crippen LogP contribution in [0, 0.1) is 11.8 Å². The molecule has 2 aliphatic rings. The topological polar surface area (TPSA) is 66.9 Å². The van der Waals surface area contributed by atoms with Crippen molar-refractivity contribution in [3.8, 4) is 0 Å². The quantitative estimate of drug-likeness (QED) is 0.606. The van der Waals surface area contributed by atoms with Gasteiger partial charge in [0.05, 0.1) is 24.9 Å². The Balaban J connectivity index is 1.49. The fraction of sp³-hybridized carbons (Fsp3) is 0.500. The zero-order valence-corrected chi connectivity index (χ0v) is 20.0. The van der Waals surface area contributed by atoms with Crippen LogP contribution < -0.4 is 0 Å². The lowest BCUT2D eigenvalue weighted by molar-refractivity contribution is -0.152. The van der Waals surface area contributed by atoms with Crippen molar-refractivity contribution in [2.45, 2.75) is 38.5 Å². The second-order valence-electron chi connectivity index (χ2n) is 8.97. The number of benzene rings is 1. The molecule has 2 aromatic rings. The van der Waals surface area contributed by atoms with E-state index in [4.69, 9.17) is 4.74 Å². The first kappa shape index (κ1) is 23.5. The van der Waals surface area contributed by atoms with E-state index in [1.807, 2.05) is 45.5 Å². The number of hydrogen-bond acceptors (Lipinski definition) is 5. The van der Waals surface area contributed by atoms with Crippen molar-refractivity contribution in [1.82, 2.24) is 9.80 Å². The maximum Gasteiger partial charge on any atom is 0.310 e. The van der Waals surface area contributed by atoms with Crippen LogP contribution in [0.3, 0.4) is 0 Å². The number of thiophene rings is 1. The molecular weight excluding hydrogens is 436 g/mol. The van der Waals surface area contributed by atoms with Gasteiger partial charge in [-0.2, -0.15) is 0 Å². The highest BCUT2D eigenvalue weighted by atomic mass is 32.1. The highest BCUT2D eigenvalue weighted by molar-refractivity contribution is 7.10. The second kappa shape index (κ2) is 11.0. The fourth-order valence-corrected chi connectivity index (χ4v) is 5.71. The summed E-state index contributed by atoms with van der Waals surface area (Å²) in [6.45, 7) is 4.29. The highest BCUT2D eigenvalue weighted by Gasteiger charge is 2.38. The number of piperidine rings is 2. The molecule has 176 valence electrons. The summed E-state index contributed by atoms with van der Waals surface area (Å²) in [6.07, 6.45) is 2.64. The highest BCUT2D eigenvalue weighted by Crippen LogP contribution is 2.33. The number of rotatable bonds is 6. The van der Waals surface area contributed by atoms with Gasteiger partial charge in [0, 0.05) is 37.0 Å². The van der Waals surface area contributed by atoms with Crippen molar-refractivity contribution in [1.29, 1.82) is 0 Å². The lowest BCUT2D eigenvalue weighted by Crippen LogP contribution is -2.51. The van der Waals surface area contributed by atoms with Gasteiger partial charge in [0.25, 0.3) is 0 Å². The molecular formula is C26H32N2O4S. The Labute approximate surface area is 199 Å². The molecule has 4 rings (SSSR count). The van der Waals surface area contributed by atoms with Crippen molar-refractivity contribution in [3.05, 3.63) is 58.3 Å². The number of esters is 1. The maximum absolute atomic E-state index is 13.6. The van der Waals surface area contributed by atoms with Gasteiger partial charge in [-0.25, -0.2) is 0 Å². The molecule has 1 aromatic carbocycles. The normalized spacial score (nSPS) is 23.2. The van der Waals surface area contributed by atoms with Crippen molar-refractivity contribution < 1.29 is 19.1 Å². The molecule has 6 nitrogen and oxygen atoms in total. The lowest BCUT2D eigenvalue weighted by atomic mass is 9.83. The van der Waals surface area contributed by atoms with E-state index in [0.29, 0.717) is 45.6 Å². The molecule has 0 unspecified atom stereocenters. The molecule has 7 heteroatoms. The molecule has 1 aromatic heterocycles. The Bertz CT molecular complexity index is 946. The lowest BCUT2D eigenvalue weighted by Gasteiger charge is -2.40. The first-order valence-corrected chi connectivity index (χ1v) is 12.7. The van der Waals surface area contributed by atoms with Gasteiger partial charge in [0.2, 0.25) is 11.8 Å². The predicted octanol–water partition coefficient (Wildman–Crippen LogP) is 3.72. The minimum Gasteiger partial charge on any atom is -0.466 e. The van der Waals surface area contributed by atoms with E-state index in [2.05, 4.69) is 12.1 Å². The molecule has 0 spiro atoms. The zero-order valence-electron chi connectivity index (χ0n) is 19.2. The van der Waals surface area contributed by atoms with Gasteiger partial charge >= 0.3 is 5.97 Å². The van der Waals surface area contributed by atoms with E-state index in [0.717, 1.165) is 23.3 Å². The number of carbonyl (C=O) groups is 3. The SMILES string of the molecule is CCOC(=O)[C@@H]1CCCN(C(=O)[C@H]2C[C@@H](c3ccccc3)CN(C(=O)Cc3cccs3)C2)C1. The van der Waals surface area contributed by atoms with Crippen LogP contribution in [0.15, 0.2) is 47.8 Å². The molecule has 3 heterocycles. The molecule has 0 aliphatic carbocycles. The minimum atomic E-state index is -0.266. The Kier molecular flexibility index (Phi) is 7.81. The van der Waals surface area contributed by atoms with E-state index >= 15 is 0 Å². The van der Waals surface area contributed by atoms with Crippen molar-refractivity contribution in [3.63, 3.8) is 0 Å². The van der Waals surface area contributed by atoms with E-state index in [1.54, 1.807) is 18.3 Å². The van der Waals surface area contributed by atoms with Crippen LogP contribution in [0.2, 0.25) is 0 Å². The Morgan fingerprint density at radius 1 is 1.00 bits per heavy atom. The standard InChI is InChI=1S/C26H32N2O4S/c1-2-32-26(31)20-10-6-12-27(16-20)25(30)22-14-21(19-8-4-3-5-9-19)17-28(18-22)24(29)15-23-11-7-13-33-23/h3-5,7-9,11,13,20-22H,2,6,10,12,14-18H2,1H3/t20-,21-,22+/m1/s1. The number of likely N-dealkylation sites (tertiary alicyclic amines) is 2. The van der Waals surface area contributed by atoms with Crippen LogP contribution in [0.25, 0.3) is 0 Å². The number of ether oxygens (including phenoxy) is 1. The van der Waals surface area contributed by atoms with Gasteiger partial charge in [-0.05, 0) is 43.2 Å². The summed E-state index contributed by atoms with van der Waals surface area (Å²) in [7, 11) is 0. The van der Waals surface area contributed by atoms with Crippen LogP contribution in [0.1, 0.15) is 42.5 Å². The zero-order chi connectivity index (χ0) is 23.2. The molecule has 3 atom stereocenters. The fourth-order valence-electron chi connectivity index (χ4n) is 5.01. The van der Waals surface area contributed by atoms with E-state index in [-0.39, 0.29) is 35.5 Å². The van der Waals surface area contributed by atoms with Crippen LogP contribution in [-0.4, -0.2) is 60.4 Å². The van der Waals surface area contributed by atoms with Gasteiger partial charge in [-0.1, -0.05) is 36.4 Å². The molecule has 0 N–H and O–H groups in total. The van der Waals surface area contributed by atoms with Crippen molar-refractivity contribution in [2.24, 2.45) is 11.8 Å². The summed E-state index contributed by atoms with van der Waals surface area (Å²) in [6, 6.07) is 14.1. The van der Waals surface area contributed by atoms with Crippen molar-refractivity contribution in [2.75, 3.05) is 32.8 Å². The number of hydrogen-bond donors (Lipinski definition) is 0. The first-order valence-electron chi connectivity index (χ1n) is 11.9. The van der Waals surface area contributed by atoms with Gasteiger partial charge in [0.1, 0.15) is 0 Å². The Hall–Kier alpha value is -2.67. The van der Waals surface area contributed by atoms with Crippen LogP contribution in [0.4, 0.5) is 0 Å². The summed E-state index contributed by atoms with van der Waals surface area (Å²) in [5.74, 6) is -0.497. The molecule has 0 saturated carbocycles. The summed E-state index contributed by atoms with van der Waals surface area (Å²) in [5.41, 5.74) is 1.16. The second-order valence-corrected chi connectivity index (χ2v) is 10.0. The van der Waals surface area contributed by atoms with E-state index in [1.165, 1.54) is 0 Å². The van der Waals surface area contributed by atoms with Gasteiger partial charge in [0.15, 0.2) is 0 Å². The third-order valence-electron chi connectivity index (χ3n) is 6.68. The van der Waals surface area contributed by atoms with Gasteiger partial charge in [-0.3, -0.25) is 14.4 Å². The van der Waals surface area contributed by atoms with Crippen LogP contribution in [-0.2, 0) is 25.5 Å². The summed E-state index contributed by atoms with van der Waals surface area (Å²) < 4.78 is 5.20. The average Bonchev–Trinajstić information content (AvgIpc) is 3.37. The average molecular weight is 469 g/mol. The third kappa shape index (κ3) is 5.82. The number of carbonyl (C=O) groups excluding carboxylic acids is 3. The number of amides is 2. The monoisotopic (exact) mass is 468 g/mol. The van der Waals surface area contributed by atoms with Crippen LogP contribution >= 0.6 is 11.3 Å². The number of nitrogens with zero attached hydrogens (tertiary/aromatic N) is 2. The minimum absolute atomic E-state index is 0.0542.